The Hall–Kier alpha value is -2.86. The Kier molecular flexibility index (Phi) is 3.01. The van der Waals surface area contributed by atoms with Crippen molar-refractivity contribution < 1.29 is 4.79 Å². The number of hydrogen-bond acceptors (Lipinski definition) is 5. The first-order valence-electron chi connectivity index (χ1n) is 6.66. The number of pyridine rings is 1. The summed E-state index contributed by atoms with van der Waals surface area (Å²) in [4.78, 5) is 22.0. The molecule has 0 fully saturated rings. The number of carbonyl (C=O) groups is 1. The quantitative estimate of drug-likeness (QED) is 0.546. The summed E-state index contributed by atoms with van der Waals surface area (Å²) in [5.74, 6) is -0.126. The first-order chi connectivity index (χ1) is 10.8. The highest BCUT2D eigenvalue weighted by molar-refractivity contribution is 7.13. The van der Waals surface area contributed by atoms with Gasteiger partial charge < -0.3 is 0 Å². The van der Waals surface area contributed by atoms with Crippen LogP contribution in [0, 0.1) is 0 Å². The summed E-state index contributed by atoms with van der Waals surface area (Å²) >= 11 is 1.62. The molecule has 0 atom stereocenters. The van der Waals surface area contributed by atoms with Gasteiger partial charge in [-0.25, -0.2) is 9.50 Å². The molecule has 0 saturated heterocycles. The zero-order valence-electron chi connectivity index (χ0n) is 11.4. The van der Waals surface area contributed by atoms with E-state index in [2.05, 4.69) is 15.1 Å². The first kappa shape index (κ1) is 12.8. The van der Waals surface area contributed by atoms with E-state index in [0.717, 1.165) is 10.6 Å². The number of rotatable bonds is 3. The molecule has 4 rings (SSSR count). The zero-order valence-corrected chi connectivity index (χ0v) is 12.2. The molecule has 0 amide bonds. The van der Waals surface area contributed by atoms with Gasteiger partial charge in [0, 0.05) is 24.2 Å². The number of carbonyl (C=O) groups excluding carboxylic acids is 1. The molecule has 0 aliphatic carbocycles. The summed E-state index contributed by atoms with van der Waals surface area (Å²) in [6.45, 7) is 0. The molecule has 6 heteroatoms. The highest BCUT2D eigenvalue weighted by Gasteiger charge is 2.17. The van der Waals surface area contributed by atoms with Crippen LogP contribution in [0.4, 0.5) is 0 Å². The molecule has 0 aromatic carbocycles. The smallest absolute Gasteiger partial charge is 0.200 e. The number of fused-ring (bicyclic) bond motifs is 1. The molecule has 0 N–H and O–H groups in total. The Bertz CT molecular complexity index is 945. The van der Waals surface area contributed by atoms with Crippen molar-refractivity contribution in [1.29, 1.82) is 0 Å². The third kappa shape index (κ3) is 2.01. The molecule has 4 heterocycles. The molecule has 106 valence electrons. The van der Waals surface area contributed by atoms with Gasteiger partial charge >= 0.3 is 0 Å². The molecule has 0 spiro atoms. The number of thiophene rings is 1. The molecule has 5 nitrogen and oxygen atoms in total. The Morgan fingerprint density at radius 1 is 1.09 bits per heavy atom. The van der Waals surface area contributed by atoms with Crippen molar-refractivity contribution in [1.82, 2.24) is 19.6 Å². The third-order valence-corrected chi connectivity index (χ3v) is 4.24. The summed E-state index contributed by atoms with van der Waals surface area (Å²) in [7, 11) is 0. The second kappa shape index (κ2) is 5.16. The maximum atomic E-state index is 12.6. The molecule has 0 radical (unpaired) electrons. The van der Waals surface area contributed by atoms with E-state index in [1.54, 1.807) is 52.8 Å². The van der Waals surface area contributed by atoms with Gasteiger partial charge in [0.25, 0.3) is 0 Å². The summed E-state index contributed by atoms with van der Waals surface area (Å²) in [6, 6.07) is 9.37. The van der Waals surface area contributed by atoms with Crippen LogP contribution >= 0.6 is 11.3 Å². The van der Waals surface area contributed by atoms with Crippen LogP contribution in [0.2, 0.25) is 0 Å². The Morgan fingerprint density at radius 2 is 2.05 bits per heavy atom. The predicted molar refractivity (Wildman–Crippen MR) is 84.0 cm³/mol. The molecule has 0 bridgehead atoms. The fourth-order valence-corrected chi connectivity index (χ4v) is 3.05. The lowest BCUT2D eigenvalue weighted by atomic mass is 10.1. The maximum absolute atomic E-state index is 12.6. The summed E-state index contributed by atoms with van der Waals surface area (Å²) in [5.41, 5.74) is 2.48. The van der Waals surface area contributed by atoms with Gasteiger partial charge in [0.15, 0.2) is 11.4 Å². The normalized spacial score (nSPS) is 10.9. The van der Waals surface area contributed by atoms with E-state index >= 15 is 0 Å². The molecular weight excluding hydrogens is 296 g/mol. The van der Waals surface area contributed by atoms with E-state index < -0.39 is 0 Å². The average molecular weight is 306 g/mol. The molecule has 0 unspecified atom stereocenters. The van der Waals surface area contributed by atoms with Gasteiger partial charge in [0.1, 0.15) is 0 Å². The minimum Gasteiger partial charge on any atom is -0.288 e. The molecule has 22 heavy (non-hydrogen) atoms. The van der Waals surface area contributed by atoms with Crippen LogP contribution < -0.4 is 0 Å². The van der Waals surface area contributed by atoms with E-state index in [4.69, 9.17) is 0 Å². The first-order valence-corrected chi connectivity index (χ1v) is 7.54. The van der Waals surface area contributed by atoms with Crippen LogP contribution in [0.15, 0.2) is 60.5 Å². The van der Waals surface area contributed by atoms with Gasteiger partial charge in [-0.15, -0.1) is 11.3 Å². The SMILES string of the molecule is O=C(c1cccnc1)c1cnn2c(-c3cccs3)ccnc12. The van der Waals surface area contributed by atoms with Crippen molar-refractivity contribution in [3.63, 3.8) is 0 Å². The van der Waals surface area contributed by atoms with Crippen LogP contribution in [-0.2, 0) is 0 Å². The van der Waals surface area contributed by atoms with E-state index in [9.17, 15) is 4.79 Å². The molecule has 0 aliphatic rings. The molecule has 4 aromatic rings. The van der Waals surface area contributed by atoms with Crippen LogP contribution in [-0.4, -0.2) is 25.4 Å². The van der Waals surface area contributed by atoms with Gasteiger partial charge in [-0.1, -0.05) is 6.07 Å². The standard InChI is InChI=1S/C16H10N4OS/c21-15(11-3-1-6-17-9-11)12-10-19-20-13(5-7-18-16(12)20)14-4-2-8-22-14/h1-10H. The fraction of sp³-hybridized carbons (Fsp3) is 0. The number of hydrogen-bond donors (Lipinski definition) is 0. The lowest BCUT2D eigenvalue weighted by Gasteiger charge is -2.02. The monoisotopic (exact) mass is 306 g/mol. The lowest BCUT2D eigenvalue weighted by Crippen LogP contribution is -2.02. The number of nitrogens with zero attached hydrogens (tertiary/aromatic N) is 4. The summed E-state index contributed by atoms with van der Waals surface area (Å²) in [6.07, 6.45) is 6.45. The Labute approximate surface area is 129 Å². The largest absolute Gasteiger partial charge is 0.288 e. The second-order valence-corrected chi connectivity index (χ2v) is 5.62. The molecular formula is C16H10N4OS. The van der Waals surface area contributed by atoms with Crippen molar-refractivity contribution in [2.75, 3.05) is 0 Å². The zero-order chi connectivity index (χ0) is 14.9. The molecule has 0 saturated carbocycles. The number of ketones is 1. The molecule has 4 aromatic heterocycles. The highest BCUT2D eigenvalue weighted by Crippen LogP contribution is 2.25. The summed E-state index contributed by atoms with van der Waals surface area (Å²) < 4.78 is 1.70. The topological polar surface area (TPSA) is 60.2 Å². The van der Waals surface area contributed by atoms with Crippen LogP contribution in [0.5, 0.6) is 0 Å². The summed E-state index contributed by atoms with van der Waals surface area (Å²) in [5, 5.41) is 6.35. The minimum absolute atomic E-state index is 0.126. The van der Waals surface area contributed by atoms with E-state index in [-0.39, 0.29) is 5.78 Å². The van der Waals surface area contributed by atoms with Gasteiger partial charge in [-0.05, 0) is 29.6 Å². The molecule has 0 aliphatic heterocycles. The van der Waals surface area contributed by atoms with Crippen molar-refractivity contribution in [2.24, 2.45) is 0 Å². The third-order valence-electron chi connectivity index (χ3n) is 3.34. The van der Waals surface area contributed by atoms with E-state index in [1.807, 2.05) is 23.6 Å². The van der Waals surface area contributed by atoms with Crippen molar-refractivity contribution in [2.45, 2.75) is 0 Å². The fourth-order valence-electron chi connectivity index (χ4n) is 2.32. The van der Waals surface area contributed by atoms with Crippen molar-refractivity contribution >= 4 is 22.8 Å². The lowest BCUT2D eigenvalue weighted by molar-refractivity contribution is 0.103. The van der Waals surface area contributed by atoms with Crippen molar-refractivity contribution in [3.8, 4) is 10.6 Å². The van der Waals surface area contributed by atoms with Gasteiger partial charge in [0.2, 0.25) is 0 Å². The highest BCUT2D eigenvalue weighted by atomic mass is 32.1. The van der Waals surface area contributed by atoms with Crippen molar-refractivity contribution in [3.05, 3.63) is 71.6 Å². The van der Waals surface area contributed by atoms with Gasteiger partial charge in [-0.2, -0.15) is 5.10 Å². The Balaban J connectivity index is 1.88. The van der Waals surface area contributed by atoms with Gasteiger partial charge in [0.05, 0.1) is 22.3 Å². The second-order valence-electron chi connectivity index (χ2n) is 4.67. The number of aromatic nitrogens is 4. The van der Waals surface area contributed by atoms with Crippen LogP contribution in [0.3, 0.4) is 0 Å². The van der Waals surface area contributed by atoms with Crippen LogP contribution in [0.25, 0.3) is 16.2 Å². The minimum atomic E-state index is -0.126. The van der Waals surface area contributed by atoms with E-state index in [1.165, 1.54) is 0 Å². The predicted octanol–water partition coefficient (Wildman–Crippen LogP) is 3.08. The van der Waals surface area contributed by atoms with Gasteiger partial charge in [-0.3, -0.25) is 9.78 Å². The van der Waals surface area contributed by atoms with Crippen LogP contribution in [0.1, 0.15) is 15.9 Å². The van der Waals surface area contributed by atoms with E-state index in [0.29, 0.717) is 16.8 Å². The Morgan fingerprint density at radius 3 is 2.82 bits per heavy atom. The average Bonchev–Trinajstić information content (AvgIpc) is 3.24. The maximum Gasteiger partial charge on any atom is 0.200 e.